The molecule has 0 atom stereocenters. The molecule has 2 aromatic heterocycles. The van der Waals surface area contributed by atoms with Crippen LogP contribution in [0.4, 0.5) is 13.2 Å². The first-order valence-corrected chi connectivity index (χ1v) is 7.16. The van der Waals surface area contributed by atoms with Gasteiger partial charge in [-0.2, -0.15) is 22.8 Å². The van der Waals surface area contributed by atoms with Crippen molar-refractivity contribution in [1.29, 1.82) is 0 Å². The number of aromatic nitrogens is 3. The first-order valence-electron chi connectivity index (χ1n) is 5.55. The van der Waals surface area contributed by atoms with Gasteiger partial charge in [-0.25, -0.2) is 4.98 Å². The number of hydrogen-bond donors (Lipinski definition) is 0. The number of rotatable bonds is 1. The van der Waals surface area contributed by atoms with Gasteiger partial charge < -0.3 is 0 Å². The van der Waals surface area contributed by atoms with Crippen molar-refractivity contribution >= 4 is 32.2 Å². The van der Waals surface area contributed by atoms with Gasteiger partial charge in [-0.05, 0) is 35.0 Å². The third kappa shape index (κ3) is 2.22. The third-order valence-electron chi connectivity index (χ3n) is 2.74. The molecule has 0 saturated heterocycles. The van der Waals surface area contributed by atoms with E-state index in [1.807, 2.05) is 6.92 Å². The van der Waals surface area contributed by atoms with Crippen molar-refractivity contribution in [2.24, 2.45) is 0 Å². The lowest BCUT2D eigenvalue weighted by Gasteiger charge is -2.06. The van der Waals surface area contributed by atoms with Crippen molar-refractivity contribution in [3.05, 3.63) is 39.4 Å². The van der Waals surface area contributed by atoms with Crippen molar-refractivity contribution < 1.29 is 13.2 Å². The monoisotopic (exact) mass is 361 g/mol. The van der Waals surface area contributed by atoms with Crippen LogP contribution in [0.1, 0.15) is 10.6 Å². The predicted molar refractivity (Wildman–Crippen MR) is 73.7 cm³/mol. The molecule has 104 valence electrons. The topological polar surface area (TPSA) is 30.2 Å². The molecular weight excluding hydrogens is 355 g/mol. The summed E-state index contributed by atoms with van der Waals surface area (Å²) in [6, 6.07) is 4.92. The molecule has 0 fully saturated rings. The molecule has 0 aliphatic heterocycles. The average molecular weight is 362 g/mol. The Morgan fingerprint density at radius 2 is 1.85 bits per heavy atom. The van der Waals surface area contributed by atoms with Crippen molar-refractivity contribution in [3.8, 4) is 11.3 Å². The lowest BCUT2D eigenvalue weighted by atomic mass is 10.1. The van der Waals surface area contributed by atoms with Gasteiger partial charge in [-0.15, -0.1) is 0 Å². The van der Waals surface area contributed by atoms with Crippen LogP contribution in [-0.4, -0.2) is 14.6 Å². The Balaban J connectivity index is 2.07. The highest BCUT2D eigenvalue weighted by atomic mass is 79.9. The van der Waals surface area contributed by atoms with Gasteiger partial charge in [0.2, 0.25) is 4.96 Å². The molecule has 0 spiro atoms. The molecule has 8 heteroatoms. The summed E-state index contributed by atoms with van der Waals surface area (Å²) in [7, 11) is 0. The van der Waals surface area contributed by atoms with Crippen LogP contribution in [0.15, 0.2) is 28.9 Å². The van der Waals surface area contributed by atoms with E-state index in [9.17, 15) is 13.2 Å². The summed E-state index contributed by atoms with van der Waals surface area (Å²) in [6.45, 7) is 1.86. The summed E-state index contributed by atoms with van der Waals surface area (Å²) in [6.07, 6.45) is -4.33. The molecule has 2 heterocycles. The van der Waals surface area contributed by atoms with E-state index in [-0.39, 0.29) is 0 Å². The third-order valence-corrected chi connectivity index (χ3v) is 4.27. The van der Waals surface area contributed by atoms with E-state index in [0.717, 1.165) is 17.1 Å². The lowest BCUT2D eigenvalue weighted by molar-refractivity contribution is -0.137. The van der Waals surface area contributed by atoms with Gasteiger partial charge in [-0.1, -0.05) is 23.5 Å². The fourth-order valence-electron chi connectivity index (χ4n) is 1.82. The summed E-state index contributed by atoms with van der Waals surface area (Å²) in [5.41, 5.74) is 0.519. The second-order valence-electron chi connectivity index (χ2n) is 4.14. The first kappa shape index (κ1) is 13.6. The van der Waals surface area contributed by atoms with Crippen LogP contribution in [0, 0.1) is 6.92 Å². The van der Waals surface area contributed by atoms with Gasteiger partial charge in [0, 0.05) is 5.56 Å². The van der Waals surface area contributed by atoms with Crippen LogP contribution < -0.4 is 0 Å². The number of aryl methyl sites for hydroxylation is 1. The van der Waals surface area contributed by atoms with Crippen LogP contribution in [0.2, 0.25) is 0 Å². The lowest BCUT2D eigenvalue weighted by Crippen LogP contribution is -2.04. The van der Waals surface area contributed by atoms with E-state index in [1.165, 1.54) is 23.5 Å². The smallest absolute Gasteiger partial charge is 0.216 e. The molecule has 3 rings (SSSR count). The van der Waals surface area contributed by atoms with E-state index in [2.05, 4.69) is 26.0 Å². The van der Waals surface area contributed by atoms with Gasteiger partial charge in [0.15, 0.2) is 0 Å². The summed E-state index contributed by atoms with van der Waals surface area (Å²) >= 11 is 4.80. The number of alkyl halides is 3. The Hall–Kier alpha value is -1.41. The molecule has 0 radical (unpaired) electrons. The van der Waals surface area contributed by atoms with Crippen molar-refractivity contribution in [2.45, 2.75) is 13.1 Å². The van der Waals surface area contributed by atoms with E-state index < -0.39 is 11.7 Å². The minimum atomic E-state index is -4.33. The summed E-state index contributed by atoms with van der Waals surface area (Å²) < 4.78 is 39.8. The Morgan fingerprint density at radius 1 is 1.20 bits per heavy atom. The quantitative estimate of drug-likeness (QED) is 0.636. The van der Waals surface area contributed by atoms with Crippen LogP contribution in [0.5, 0.6) is 0 Å². The van der Waals surface area contributed by atoms with Crippen LogP contribution in [-0.2, 0) is 6.18 Å². The largest absolute Gasteiger partial charge is 0.416 e. The van der Waals surface area contributed by atoms with E-state index in [0.29, 0.717) is 20.8 Å². The zero-order valence-corrected chi connectivity index (χ0v) is 12.5. The van der Waals surface area contributed by atoms with Crippen LogP contribution >= 0.6 is 27.3 Å². The summed E-state index contributed by atoms with van der Waals surface area (Å²) in [5, 5.41) is 5.13. The number of benzene rings is 1. The SMILES string of the molecule is Cc1nn2c(Br)c(-c3ccc(C(F)(F)F)cc3)nc2s1. The number of imidazole rings is 1. The second-order valence-corrected chi connectivity index (χ2v) is 6.05. The van der Waals surface area contributed by atoms with Gasteiger partial charge in [-0.3, -0.25) is 0 Å². The number of hydrogen-bond acceptors (Lipinski definition) is 3. The average Bonchev–Trinajstić information content (AvgIpc) is 2.87. The Bertz CT molecular complexity index is 774. The van der Waals surface area contributed by atoms with Crippen molar-refractivity contribution in [3.63, 3.8) is 0 Å². The molecule has 0 unspecified atom stereocenters. The Labute approximate surface area is 124 Å². The standard InChI is InChI=1S/C12H7BrF3N3S/c1-6-18-19-10(13)9(17-11(19)20-6)7-2-4-8(5-3-7)12(14,15)16/h2-5H,1H3. The minimum absolute atomic E-state index is 0.581. The summed E-state index contributed by atoms with van der Waals surface area (Å²) in [4.78, 5) is 5.08. The zero-order chi connectivity index (χ0) is 14.5. The molecule has 1 aromatic carbocycles. The summed E-state index contributed by atoms with van der Waals surface area (Å²) in [5.74, 6) is 0. The number of fused-ring (bicyclic) bond motifs is 1. The van der Waals surface area contributed by atoms with E-state index in [1.54, 1.807) is 4.52 Å². The van der Waals surface area contributed by atoms with Gasteiger partial charge >= 0.3 is 6.18 Å². The highest BCUT2D eigenvalue weighted by Gasteiger charge is 2.30. The second kappa shape index (κ2) is 4.56. The molecule has 0 bridgehead atoms. The minimum Gasteiger partial charge on any atom is -0.216 e. The van der Waals surface area contributed by atoms with Gasteiger partial charge in [0.1, 0.15) is 15.3 Å². The molecule has 3 aromatic rings. The molecule has 20 heavy (non-hydrogen) atoms. The van der Waals surface area contributed by atoms with Crippen molar-refractivity contribution in [2.75, 3.05) is 0 Å². The van der Waals surface area contributed by atoms with Gasteiger partial charge in [0.25, 0.3) is 0 Å². The van der Waals surface area contributed by atoms with Gasteiger partial charge in [0.05, 0.1) is 5.56 Å². The zero-order valence-electron chi connectivity index (χ0n) is 10.1. The highest BCUT2D eigenvalue weighted by Crippen LogP contribution is 2.34. The predicted octanol–water partition coefficient (Wildman–Crippen LogP) is 4.55. The normalized spacial score (nSPS) is 12.2. The highest BCUT2D eigenvalue weighted by molar-refractivity contribution is 9.10. The molecule has 3 nitrogen and oxygen atoms in total. The Kier molecular flexibility index (Phi) is 3.09. The molecule has 0 aliphatic carbocycles. The molecule has 0 amide bonds. The van der Waals surface area contributed by atoms with E-state index in [4.69, 9.17) is 0 Å². The molecule has 0 saturated carbocycles. The fourth-order valence-corrected chi connectivity index (χ4v) is 3.24. The molecule has 0 aliphatic rings. The number of nitrogens with zero attached hydrogens (tertiary/aromatic N) is 3. The molecule has 0 N–H and O–H groups in total. The van der Waals surface area contributed by atoms with Crippen molar-refractivity contribution in [1.82, 2.24) is 14.6 Å². The fraction of sp³-hybridized carbons (Fsp3) is 0.167. The van der Waals surface area contributed by atoms with Crippen LogP contribution in [0.3, 0.4) is 0 Å². The maximum absolute atomic E-state index is 12.5. The maximum Gasteiger partial charge on any atom is 0.416 e. The first-order chi connectivity index (χ1) is 9.36. The molecular formula is C12H7BrF3N3S. The van der Waals surface area contributed by atoms with E-state index >= 15 is 0 Å². The maximum atomic E-state index is 12.5. The number of halogens is 4. The Morgan fingerprint density at radius 3 is 2.40 bits per heavy atom. The van der Waals surface area contributed by atoms with Crippen LogP contribution in [0.25, 0.3) is 16.2 Å².